The van der Waals surface area contributed by atoms with E-state index in [4.69, 9.17) is 5.11 Å². The smallest absolute Gasteiger partial charge is 0.478 e. The molecule has 0 saturated heterocycles. The van der Waals surface area contributed by atoms with E-state index in [2.05, 4.69) is 16.0 Å². The number of rotatable bonds is 4. The van der Waals surface area contributed by atoms with E-state index in [1.807, 2.05) is 0 Å². The fourth-order valence-electron chi connectivity index (χ4n) is 2.87. The molecule has 0 saturated carbocycles. The van der Waals surface area contributed by atoms with Crippen molar-refractivity contribution in [1.82, 2.24) is 0 Å². The monoisotopic (exact) mass is 428 g/mol. The van der Waals surface area contributed by atoms with E-state index in [9.17, 15) is 26.4 Å². The second kappa shape index (κ2) is 8.33. The summed E-state index contributed by atoms with van der Waals surface area (Å²) < 4.78 is 65.2. The Bertz CT molecular complexity index is 1000. The van der Waals surface area contributed by atoms with Gasteiger partial charge in [0.05, 0.1) is 5.56 Å². The number of allylic oxidation sites excluding steroid dienone is 4. The summed E-state index contributed by atoms with van der Waals surface area (Å²) >= 11 is 0. The third-order valence-corrected chi connectivity index (χ3v) is 5.40. The van der Waals surface area contributed by atoms with Gasteiger partial charge in [-0.25, -0.2) is 4.79 Å². The van der Waals surface area contributed by atoms with Crippen molar-refractivity contribution in [3.8, 4) is 11.8 Å². The summed E-state index contributed by atoms with van der Waals surface area (Å²) in [4.78, 5) is 10.8. The van der Waals surface area contributed by atoms with Crippen LogP contribution < -0.4 is 0 Å². The third-order valence-electron chi connectivity index (χ3n) is 4.41. The van der Waals surface area contributed by atoms with Crippen LogP contribution in [-0.4, -0.2) is 25.0 Å². The Morgan fingerprint density at radius 1 is 1.24 bits per heavy atom. The first-order valence-electron chi connectivity index (χ1n) is 8.59. The molecule has 29 heavy (non-hydrogen) atoms. The Morgan fingerprint density at radius 2 is 1.86 bits per heavy atom. The largest absolute Gasteiger partial charge is 0.534 e. The molecule has 0 unspecified atom stereocenters. The molecule has 0 fully saturated rings. The molecule has 0 heterocycles. The summed E-state index contributed by atoms with van der Waals surface area (Å²) in [5.41, 5.74) is -5.08. The zero-order valence-electron chi connectivity index (χ0n) is 15.7. The summed E-state index contributed by atoms with van der Waals surface area (Å²) in [5, 5.41) is 8.86. The number of carboxylic acid groups (broad SMARTS) is 1. The van der Waals surface area contributed by atoms with Crippen molar-refractivity contribution in [1.29, 1.82) is 0 Å². The van der Waals surface area contributed by atoms with E-state index < -0.39 is 27.0 Å². The molecule has 1 aliphatic rings. The van der Waals surface area contributed by atoms with Crippen molar-refractivity contribution in [3.63, 3.8) is 0 Å². The van der Waals surface area contributed by atoms with Crippen LogP contribution in [-0.2, 0) is 14.3 Å². The minimum Gasteiger partial charge on any atom is -0.478 e. The Labute approximate surface area is 167 Å². The van der Waals surface area contributed by atoms with Crippen molar-refractivity contribution < 1.29 is 35.7 Å². The number of hydrogen-bond acceptors (Lipinski definition) is 4. The molecule has 0 amide bonds. The standard InChI is InChI=1S/C20H19F3O5S/c1-19(2)13-5-8-17(28-29(26,27)20(21,22)23)16(19)7-4-3-6-14-9-11-15(12-10-14)18(24)25/h4,7,9-12H,5,8,13H2,1-2H3,(H,24,25)/b7-4+. The maximum atomic E-state index is 12.7. The molecule has 156 valence electrons. The number of alkyl halides is 3. The maximum absolute atomic E-state index is 12.7. The lowest BCUT2D eigenvalue weighted by molar-refractivity contribution is -0.0525. The van der Waals surface area contributed by atoms with Crippen LogP contribution in [0.2, 0.25) is 0 Å². The van der Waals surface area contributed by atoms with Gasteiger partial charge >= 0.3 is 21.6 Å². The number of carbonyl (C=O) groups is 1. The van der Waals surface area contributed by atoms with Gasteiger partial charge in [0.25, 0.3) is 0 Å². The van der Waals surface area contributed by atoms with Crippen LogP contribution in [0.3, 0.4) is 0 Å². The maximum Gasteiger partial charge on any atom is 0.534 e. The normalized spacial score (nSPS) is 17.0. The second-order valence-corrected chi connectivity index (χ2v) is 8.58. The lowest BCUT2D eigenvalue weighted by Crippen LogP contribution is -2.28. The molecule has 0 radical (unpaired) electrons. The van der Waals surface area contributed by atoms with Crippen molar-refractivity contribution in [2.45, 2.75) is 38.6 Å². The van der Waals surface area contributed by atoms with Crippen molar-refractivity contribution in [3.05, 3.63) is 58.9 Å². The number of halogens is 3. The van der Waals surface area contributed by atoms with E-state index in [1.165, 1.54) is 36.4 Å². The molecule has 0 bridgehead atoms. The Morgan fingerprint density at radius 3 is 2.41 bits per heavy atom. The van der Waals surface area contributed by atoms with Crippen LogP contribution in [0, 0.1) is 17.3 Å². The predicted molar refractivity (Wildman–Crippen MR) is 100 cm³/mol. The summed E-state index contributed by atoms with van der Waals surface area (Å²) in [6.07, 6.45) is 4.07. The molecular weight excluding hydrogens is 409 g/mol. The molecule has 1 N–H and O–H groups in total. The van der Waals surface area contributed by atoms with Crippen LogP contribution in [0.25, 0.3) is 0 Å². The minimum atomic E-state index is -5.74. The fraction of sp³-hybridized carbons (Fsp3) is 0.350. The first-order chi connectivity index (χ1) is 13.3. The minimum absolute atomic E-state index is 0.0719. The summed E-state index contributed by atoms with van der Waals surface area (Å²) in [6, 6.07) is 5.85. The molecule has 1 aliphatic carbocycles. The Balaban J connectivity index is 2.30. The van der Waals surface area contributed by atoms with Crippen molar-refractivity contribution in [2.75, 3.05) is 0 Å². The summed E-state index contributed by atoms with van der Waals surface area (Å²) in [7, 11) is -5.74. The van der Waals surface area contributed by atoms with E-state index in [0.29, 0.717) is 24.0 Å². The van der Waals surface area contributed by atoms with Crippen LogP contribution in [0.4, 0.5) is 13.2 Å². The van der Waals surface area contributed by atoms with Crippen LogP contribution >= 0.6 is 0 Å². The first kappa shape index (κ1) is 22.6. The van der Waals surface area contributed by atoms with Gasteiger partial charge in [-0.05, 0) is 60.2 Å². The van der Waals surface area contributed by atoms with Crippen LogP contribution in [0.15, 0.2) is 47.7 Å². The Hall–Kier alpha value is -2.73. The van der Waals surface area contributed by atoms with Gasteiger partial charge in [-0.1, -0.05) is 25.7 Å². The molecular formula is C20H19F3O5S. The van der Waals surface area contributed by atoms with Gasteiger partial charge in [-0.3, -0.25) is 0 Å². The van der Waals surface area contributed by atoms with Gasteiger partial charge in [0.2, 0.25) is 0 Å². The fourth-order valence-corrected chi connectivity index (χ4v) is 3.40. The average molecular weight is 428 g/mol. The van der Waals surface area contributed by atoms with Crippen LogP contribution in [0.5, 0.6) is 0 Å². The number of carboxylic acids is 1. The average Bonchev–Trinajstić information content (AvgIpc) is 2.59. The first-order valence-corrected chi connectivity index (χ1v) is 10.0. The number of hydrogen-bond donors (Lipinski definition) is 1. The molecule has 0 aromatic heterocycles. The SMILES string of the molecule is CC1(C)CCCC(OS(=O)(=O)C(F)(F)F)=C1/C=C/C#Cc1ccc(C(=O)O)cc1. The molecule has 2 rings (SSSR count). The van der Waals surface area contributed by atoms with Crippen molar-refractivity contribution >= 4 is 16.1 Å². The van der Waals surface area contributed by atoms with Gasteiger partial charge < -0.3 is 9.29 Å². The molecule has 0 atom stereocenters. The molecule has 5 nitrogen and oxygen atoms in total. The third kappa shape index (κ3) is 5.64. The highest BCUT2D eigenvalue weighted by Gasteiger charge is 2.49. The van der Waals surface area contributed by atoms with E-state index in [0.717, 1.165) is 0 Å². The highest BCUT2D eigenvalue weighted by atomic mass is 32.2. The highest BCUT2D eigenvalue weighted by Crippen LogP contribution is 2.42. The van der Waals surface area contributed by atoms with Gasteiger partial charge in [-0.15, -0.1) is 0 Å². The summed E-state index contributed by atoms with van der Waals surface area (Å²) in [5.74, 6) is 4.19. The van der Waals surface area contributed by atoms with E-state index in [1.54, 1.807) is 13.8 Å². The molecule has 0 spiro atoms. The number of benzene rings is 1. The van der Waals surface area contributed by atoms with E-state index >= 15 is 0 Å². The van der Waals surface area contributed by atoms with Gasteiger partial charge in [0.1, 0.15) is 5.76 Å². The number of aromatic carboxylic acids is 1. The van der Waals surface area contributed by atoms with E-state index in [-0.39, 0.29) is 17.7 Å². The quantitative estimate of drug-likeness (QED) is 0.430. The predicted octanol–water partition coefficient (Wildman–Crippen LogP) is 4.62. The molecule has 1 aromatic rings. The van der Waals surface area contributed by atoms with Gasteiger partial charge in [0, 0.05) is 12.0 Å². The lowest BCUT2D eigenvalue weighted by atomic mass is 9.75. The topological polar surface area (TPSA) is 80.7 Å². The zero-order chi connectivity index (χ0) is 21.9. The summed E-state index contributed by atoms with van der Waals surface area (Å²) in [6.45, 7) is 3.57. The molecule has 1 aromatic carbocycles. The van der Waals surface area contributed by atoms with Crippen molar-refractivity contribution in [2.24, 2.45) is 5.41 Å². The Kier molecular flexibility index (Phi) is 6.48. The van der Waals surface area contributed by atoms with Gasteiger partial charge in [0.15, 0.2) is 0 Å². The zero-order valence-corrected chi connectivity index (χ0v) is 16.5. The highest BCUT2D eigenvalue weighted by molar-refractivity contribution is 7.87. The lowest BCUT2D eigenvalue weighted by Gasteiger charge is -2.32. The molecule has 9 heteroatoms. The van der Waals surface area contributed by atoms with Crippen LogP contribution in [0.1, 0.15) is 49.0 Å². The van der Waals surface area contributed by atoms with Gasteiger partial charge in [-0.2, -0.15) is 21.6 Å². The second-order valence-electron chi connectivity index (χ2n) is 7.04. The molecule has 0 aliphatic heterocycles.